The van der Waals surface area contributed by atoms with Gasteiger partial charge in [0.1, 0.15) is 0 Å². The second-order valence-corrected chi connectivity index (χ2v) is 5.77. The predicted octanol–water partition coefficient (Wildman–Crippen LogP) is 2.41. The number of hydrogen-bond donors (Lipinski definition) is 1. The average Bonchev–Trinajstić information content (AvgIpc) is 2.96. The zero-order chi connectivity index (χ0) is 16.1. The Labute approximate surface area is 131 Å². The largest absolute Gasteiger partial charge is 0.453 e. The van der Waals surface area contributed by atoms with Crippen LogP contribution in [0.25, 0.3) is 11.5 Å². The maximum absolute atomic E-state index is 11.7. The van der Waals surface area contributed by atoms with Gasteiger partial charge < -0.3 is 9.15 Å². The molecule has 2 aromatic rings. The number of aromatic nitrogens is 2. The Morgan fingerprint density at radius 2 is 1.95 bits per heavy atom. The van der Waals surface area contributed by atoms with E-state index in [2.05, 4.69) is 20.3 Å². The van der Waals surface area contributed by atoms with Gasteiger partial charge in [0.25, 0.3) is 5.22 Å². The minimum Gasteiger partial charge on any atom is -0.453 e. The second kappa shape index (κ2) is 7.08. The van der Waals surface area contributed by atoms with Crippen LogP contribution in [0.1, 0.15) is 12.5 Å². The molecule has 0 bridgehead atoms. The van der Waals surface area contributed by atoms with E-state index in [1.165, 1.54) is 7.11 Å². The van der Waals surface area contributed by atoms with E-state index in [1.807, 2.05) is 31.2 Å². The maximum Gasteiger partial charge on any atom is 0.413 e. The van der Waals surface area contributed by atoms with E-state index in [4.69, 9.17) is 4.42 Å². The Hall–Kier alpha value is -2.35. The molecule has 116 valence electrons. The Morgan fingerprint density at radius 3 is 2.59 bits per heavy atom. The lowest BCUT2D eigenvalue weighted by atomic mass is 10.1. The Morgan fingerprint density at radius 1 is 1.27 bits per heavy atom. The number of imide groups is 1. The molecule has 7 nitrogen and oxygen atoms in total. The van der Waals surface area contributed by atoms with Gasteiger partial charge in [0.05, 0.1) is 12.4 Å². The van der Waals surface area contributed by atoms with Crippen molar-refractivity contribution in [2.45, 2.75) is 24.3 Å². The number of benzene rings is 1. The lowest BCUT2D eigenvalue weighted by Crippen LogP contribution is -2.35. The third kappa shape index (κ3) is 4.08. The van der Waals surface area contributed by atoms with Gasteiger partial charge in [0.2, 0.25) is 11.8 Å². The van der Waals surface area contributed by atoms with Crippen LogP contribution in [0.3, 0.4) is 0 Å². The molecule has 1 aromatic carbocycles. The van der Waals surface area contributed by atoms with Crippen molar-refractivity contribution in [1.82, 2.24) is 15.5 Å². The third-order valence-electron chi connectivity index (χ3n) is 2.76. The Balaban J connectivity index is 2.01. The summed E-state index contributed by atoms with van der Waals surface area (Å²) in [5.41, 5.74) is 1.93. The molecular formula is C14H15N3O4S. The zero-order valence-corrected chi connectivity index (χ0v) is 13.1. The summed E-state index contributed by atoms with van der Waals surface area (Å²) in [6.07, 6.45) is -0.802. The van der Waals surface area contributed by atoms with Crippen LogP contribution in [0.4, 0.5) is 4.79 Å². The van der Waals surface area contributed by atoms with E-state index in [0.717, 1.165) is 22.9 Å². The molecule has 0 unspecified atom stereocenters. The molecule has 22 heavy (non-hydrogen) atoms. The second-order valence-electron chi connectivity index (χ2n) is 4.48. The van der Waals surface area contributed by atoms with Gasteiger partial charge >= 0.3 is 6.09 Å². The molecule has 2 rings (SSSR count). The fraction of sp³-hybridized carbons (Fsp3) is 0.286. The first-order valence-corrected chi connectivity index (χ1v) is 7.33. The van der Waals surface area contributed by atoms with Crippen molar-refractivity contribution >= 4 is 23.8 Å². The van der Waals surface area contributed by atoms with Crippen LogP contribution in [0, 0.1) is 6.92 Å². The molecule has 0 fully saturated rings. The maximum atomic E-state index is 11.7. The highest BCUT2D eigenvalue weighted by atomic mass is 32.2. The van der Waals surface area contributed by atoms with E-state index in [-0.39, 0.29) is 5.22 Å². The molecule has 2 amide bonds. The number of nitrogens with zero attached hydrogens (tertiary/aromatic N) is 2. The standard InChI is InChI=1S/C14H15N3O4S/c1-8-4-6-10(7-5-8)12-16-17-14(21-12)22-9(2)11(18)15-13(19)20-3/h4-7,9H,1-3H3,(H,15,18,19)/t9-/m0/s1. The number of thioether (sulfide) groups is 1. The lowest BCUT2D eigenvalue weighted by molar-refractivity contribution is -0.119. The molecule has 0 aliphatic carbocycles. The van der Waals surface area contributed by atoms with Gasteiger partial charge in [-0.2, -0.15) is 0 Å². The number of alkyl carbamates (subject to hydrolysis) is 1. The number of carbonyl (C=O) groups excluding carboxylic acids is 2. The van der Waals surface area contributed by atoms with Crippen molar-refractivity contribution in [2.75, 3.05) is 7.11 Å². The summed E-state index contributed by atoms with van der Waals surface area (Å²) < 4.78 is 9.87. The van der Waals surface area contributed by atoms with Gasteiger partial charge in [0.15, 0.2) is 0 Å². The SMILES string of the molecule is COC(=O)NC(=O)[C@H](C)Sc1nnc(-c2ccc(C)cc2)o1. The minimum atomic E-state index is -0.802. The molecular weight excluding hydrogens is 306 g/mol. The van der Waals surface area contributed by atoms with E-state index >= 15 is 0 Å². The zero-order valence-electron chi connectivity index (χ0n) is 12.3. The Bertz CT molecular complexity index is 669. The first-order chi connectivity index (χ1) is 10.5. The first-order valence-electron chi connectivity index (χ1n) is 6.45. The summed E-state index contributed by atoms with van der Waals surface area (Å²) in [6.45, 7) is 3.61. The minimum absolute atomic E-state index is 0.253. The number of hydrogen-bond acceptors (Lipinski definition) is 7. The van der Waals surface area contributed by atoms with Crippen molar-refractivity contribution in [1.29, 1.82) is 0 Å². The summed E-state index contributed by atoms with van der Waals surface area (Å²) >= 11 is 1.06. The normalized spacial score (nSPS) is 11.8. The number of carbonyl (C=O) groups is 2. The van der Waals surface area contributed by atoms with Crippen LogP contribution in [0.15, 0.2) is 33.9 Å². The fourth-order valence-corrected chi connectivity index (χ4v) is 2.21. The van der Waals surface area contributed by atoms with Gasteiger partial charge in [-0.25, -0.2) is 4.79 Å². The van der Waals surface area contributed by atoms with Crippen molar-refractivity contribution < 1.29 is 18.7 Å². The van der Waals surface area contributed by atoms with Crippen LogP contribution in [0.2, 0.25) is 0 Å². The first kappa shape index (κ1) is 16.0. The summed E-state index contributed by atoms with van der Waals surface area (Å²) in [5, 5.41) is 9.59. The quantitative estimate of drug-likeness (QED) is 0.864. The van der Waals surface area contributed by atoms with Crippen LogP contribution >= 0.6 is 11.8 Å². The molecule has 8 heteroatoms. The summed E-state index contributed by atoms with van der Waals surface area (Å²) in [6, 6.07) is 7.65. The van der Waals surface area contributed by atoms with Crippen LogP contribution in [-0.2, 0) is 9.53 Å². The highest BCUT2D eigenvalue weighted by molar-refractivity contribution is 8.00. The summed E-state index contributed by atoms with van der Waals surface area (Å²) in [7, 11) is 1.19. The van der Waals surface area contributed by atoms with Crippen LogP contribution in [0.5, 0.6) is 0 Å². The van der Waals surface area contributed by atoms with Crippen molar-refractivity contribution in [2.24, 2.45) is 0 Å². The topological polar surface area (TPSA) is 94.3 Å². The van der Waals surface area contributed by atoms with Gasteiger partial charge in [-0.15, -0.1) is 10.2 Å². The number of aryl methyl sites for hydroxylation is 1. The van der Waals surface area contributed by atoms with E-state index in [9.17, 15) is 9.59 Å². The molecule has 1 aromatic heterocycles. The van der Waals surface area contributed by atoms with Gasteiger partial charge in [-0.3, -0.25) is 10.1 Å². The third-order valence-corrected chi connectivity index (χ3v) is 3.70. The molecule has 0 aliphatic heterocycles. The summed E-state index contributed by atoms with van der Waals surface area (Å²) in [4.78, 5) is 22.7. The van der Waals surface area contributed by atoms with Crippen molar-refractivity contribution in [3.8, 4) is 11.5 Å². The van der Waals surface area contributed by atoms with Gasteiger partial charge in [-0.1, -0.05) is 29.5 Å². The van der Waals surface area contributed by atoms with Gasteiger partial charge in [-0.05, 0) is 26.0 Å². The lowest BCUT2D eigenvalue weighted by Gasteiger charge is -2.07. The highest BCUT2D eigenvalue weighted by Gasteiger charge is 2.20. The highest BCUT2D eigenvalue weighted by Crippen LogP contribution is 2.26. The molecule has 0 saturated carbocycles. The number of nitrogens with one attached hydrogen (secondary N) is 1. The number of rotatable bonds is 4. The van der Waals surface area contributed by atoms with Gasteiger partial charge in [0, 0.05) is 5.56 Å². The molecule has 0 spiro atoms. The average molecular weight is 321 g/mol. The number of methoxy groups -OCH3 is 1. The molecule has 0 saturated heterocycles. The van der Waals surface area contributed by atoms with Crippen molar-refractivity contribution in [3.63, 3.8) is 0 Å². The van der Waals surface area contributed by atoms with E-state index in [1.54, 1.807) is 6.92 Å². The van der Waals surface area contributed by atoms with Crippen LogP contribution < -0.4 is 5.32 Å². The number of ether oxygens (including phenoxy) is 1. The molecule has 1 heterocycles. The predicted molar refractivity (Wildman–Crippen MR) is 80.3 cm³/mol. The molecule has 1 atom stereocenters. The smallest absolute Gasteiger partial charge is 0.413 e. The molecule has 0 radical (unpaired) electrons. The Kier molecular flexibility index (Phi) is 5.16. The number of amides is 2. The summed E-state index contributed by atoms with van der Waals surface area (Å²) in [5.74, 6) is -0.116. The van der Waals surface area contributed by atoms with E-state index < -0.39 is 17.3 Å². The molecule has 1 N–H and O–H groups in total. The monoisotopic (exact) mass is 321 g/mol. The fourth-order valence-electron chi connectivity index (χ4n) is 1.53. The molecule has 0 aliphatic rings. The van der Waals surface area contributed by atoms with Crippen LogP contribution in [-0.4, -0.2) is 34.6 Å². The van der Waals surface area contributed by atoms with E-state index in [0.29, 0.717) is 5.89 Å². The van der Waals surface area contributed by atoms with Crippen molar-refractivity contribution in [3.05, 3.63) is 29.8 Å².